The van der Waals surface area contributed by atoms with Crippen molar-refractivity contribution in [1.29, 1.82) is 0 Å². The number of carbonyl (C=O) groups excluding carboxylic acids is 1. The average molecular weight is 270 g/mol. The Morgan fingerprint density at radius 2 is 2.05 bits per heavy atom. The Labute approximate surface area is 112 Å². The quantitative estimate of drug-likeness (QED) is 0.690. The van der Waals surface area contributed by atoms with E-state index in [1.165, 1.54) is 0 Å². The summed E-state index contributed by atoms with van der Waals surface area (Å²) in [7, 11) is 1.58. The van der Waals surface area contributed by atoms with Crippen molar-refractivity contribution in [2.24, 2.45) is 17.8 Å². The second kappa shape index (κ2) is 5.77. The second-order valence-corrected chi connectivity index (χ2v) is 5.70. The van der Waals surface area contributed by atoms with Crippen LogP contribution in [0.5, 0.6) is 0 Å². The van der Waals surface area contributed by atoms with Gasteiger partial charge in [0.1, 0.15) is 0 Å². The van der Waals surface area contributed by atoms with E-state index in [4.69, 9.17) is 4.74 Å². The summed E-state index contributed by atoms with van der Waals surface area (Å²) in [4.78, 5) is 23.2. The maximum atomic E-state index is 11.9. The number of fused-ring (bicyclic) bond motifs is 2. The van der Waals surface area contributed by atoms with Gasteiger partial charge in [0.25, 0.3) is 0 Å². The Morgan fingerprint density at radius 1 is 1.37 bits per heavy atom. The van der Waals surface area contributed by atoms with Crippen LogP contribution >= 0.6 is 0 Å². The van der Waals surface area contributed by atoms with Crippen molar-refractivity contribution >= 4 is 12.0 Å². The number of urea groups is 1. The first-order chi connectivity index (χ1) is 9.02. The van der Waals surface area contributed by atoms with Crippen LogP contribution in [0.4, 0.5) is 4.79 Å². The van der Waals surface area contributed by atoms with Gasteiger partial charge in [0.05, 0.1) is 18.6 Å². The summed E-state index contributed by atoms with van der Waals surface area (Å²) in [5.74, 6) is -0.677. The van der Waals surface area contributed by atoms with Crippen molar-refractivity contribution in [1.82, 2.24) is 10.6 Å². The molecule has 0 aromatic rings. The molecule has 0 spiro atoms. The van der Waals surface area contributed by atoms with E-state index >= 15 is 0 Å². The molecule has 5 unspecified atom stereocenters. The normalized spacial score (nSPS) is 34.0. The fourth-order valence-corrected chi connectivity index (χ4v) is 3.56. The first-order valence-electron chi connectivity index (χ1n) is 6.81. The van der Waals surface area contributed by atoms with Crippen LogP contribution in [0.2, 0.25) is 0 Å². The minimum Gasteiger partial charge on any atom is -0.481 e. The number of ether oxygens (including phenoxy) is 1. The Morgan fingerprint density at radius 3 is 2.68 bits per heavy atom. The number of carboxylic acid groups (broad SMARTS) is 1. The number of nitrogens with one attached hydrogen (secondary N) is 2. The Balaban J connectivity index is 1.90. The first kappa shape index (κ1) is 14.1. The van der Waals surface area contributed by atoms with Gasteiger partial charge in [-0.2, -0.15) is 0 Å². The number of amides is 2. The molecule has 2 amide bonds. The van der Waals surface area contributed by atoms with Crippen LogP contribution in [0, 0.1) is 17.8 Å². The number of rotatable bonds is 5. The van der Waals surface area contributed by atoms with Crippen LogP contribution in [0.1, 0.15) is 26.2 Å². The number of carboxylic acids is 1. The van der Waals surface area contributed by atoms with Gasteiger partial charge < -0.3 is 20.5 Å². The highest BCUT2D eigenvalue weighted by Crippen LogP contribution is 2.48. The van der Waals surface area contributed by atoms with Crippen molar-refractivity contribution in [2.75, 3.05) is 13.7 Å². The van der Waals surface area contributed by atoms with E-state index in [0.29, 0.717) is 12.5 Å². The summed E-state index contributed by atoms with van der Waals surface area (Å²) in [6.45, 7) is 2.28. The third-order valence-electron chi connectivity index (χ3n) is 4.29. The van der Waals surface area contributed by atoms with Crippen LogP contribution in [0.3, 0.4) is 0 Å². The lowest BCUT2D eigenvalue weighted by atomic mass is 9.84. The molecule has 2 saturated carbocycles. The molecule has 0 saturated heterocycles. The van der Waals surface area contributed by atoms with Crippen LogP contribution in [-0.2, 0) is 9.53 Å². The zero-order valence-corrected chi connectivity index (χ0v) is 11.4. The zero-order valence-electron chi connectivity index (χ0n) is 11.4. The lowest BCUT2D eigenvalue weighted by Gasteiger charge is -2.29. The van der Waals surface area contributed by atoms with E-state index in [1.807, 2.05) is 6.92 Å². The van der Waals surface area contributed by atoms with Gasteiger partial charge in [0.15, 0.2) is 0 Å². The number of hydrogen-bond acceptors (Lipinski definition) is 3. The van der Waals surface area contributed by atoms with Crippen molar-refractivity contribution in [3.05, 3.63) is 0 Å². The summed E-state index contributed by atoms with van der Waals surface area (Å²) in [5, 5.41) is 14.9. The maximum Gasteiger partial charge on any atom is 0.315 e. The highest BCUT2D eigenvalue weighted by Gasteiger charge is 2.51. The highest BCUT2D eigenvalue weighted by atomic mass is 16.5. The molecule has 6 heteroatoms. The Kier molecular flexibility index (Phi) is 4.29. The standard InChI is InChI=1S/C13H22N2O4/c1-7(6-19-2)14-13(18)15-11-9-4-3-8(5-9)10(11)12(16)17/h7-11H,3-6H2,1-2H3,(H,16,17)(H2,14,15,18). The minimum absolute atomic E-state index is 0.0909. The van der Waals surface area contributed by atoms with Crippen LogP contribution in [0.25, 0.3) is 0 Å². The van der Waals surface area contributed by atoms with E-state index in [2.05, 4.69) is 10.6 Å². The lowest BCUT2D eigenvalue weighted by molar-refractivity contribution is -0.144. The zero-order chi connectivity index (χ0) is 14.0. The van der Waals surface area contributed by atoms with Crippen molar-refractivity contribution in [3.63, 3.8) is 0 Å². The monoisotopic (exact) mass is 270 g/mol. The molecule has 0 aliphatic heterocycles. The Bertz CT molecular complexity index is 361. The molecule has 2 aliphatic carbocycles. The van der Waals surface area contributed by atoms with Crippen molar-refractivity contribution in [2.45, 2.75) is 38.3 Å². The number of carbonyl (C=O) groups is 2. The van der Waals surface area contributed by atoms with E-state index in [1.54, 1.807) is 7.11 Å². The second-order valence-electron chi connectivity index (χ2n) is 5.70. The van der Waals surface area contributed by atoms with E-state index in [-0.39, 0.29) is 24.0 Å². The van der Waals surface area contributed by atoms with Gasteiger partial charge >= 0.3 is 12.0 Å². The highest BCUT2D eigenvalue weighted by molar-refractivity contribution is 5.77. The predicted octanol–water partition coefficient (Wildman–Crippen LogP) is 0.820. The van der Waals surface area contributed by atoms with Gasteiger partial charge in [-0.3, -0.25) is 4.79 Å². The molecule has 0 aromatic heterocycles. The largest absolute Gasteiger partial charge is 0.481 e. The molecule has 19 heavy (non-hydrogen) atoms. The fraction of sp³-hybridized carbons (Fsp3) is 0.846. The van der Waals surface area contributed by atoms with Gasteiger partial charge in [-0.05, 0) is 38.0 Å². The van der Waals surface area contributed by atoms with Crippen LogP contribution < -0.4 is 10.6 Å². The predicted molar refractivity (Wildman–Crippen MR) is 68.8 cm³/mol. The molecule has 0 heterocycles. The van der Waals surface area contributed by atoms with E-state index < -0.39 is 11.9 Å². The molecule has 3 N–H and O–H groups in total. The number of methoxy groups -OCH3 is 1. The average Bonchev–Trinajstić information content (AvgIpc) is 2.88. The molecule has 6 nitrogen and oxygen atoms in total. The van der Waals surface area contributed by atoms with Gasteiger partial charge in [-0.25, -0.2) is 4.79 Å². The van der Waals surface area contributed by atoms with Crippen molar-refractivity contribution in [3.8, 4) is 0 Å². The van der Waals surface area contributed by atoms with Gasteiger partial charge in [-0.1, -0.05) is 0 Å². The Hall–Kier alpha value is -1.30. The molecule has 2 bridgehead atoms. The molecule has 0 aromatic carbocycles. The molecule has 108 valence electrons. The molecule has 2 fully saturated rings. The smallest absolute Gasteiger partial charge is 0.315 e. The topological polar surface area (TPSA) is 87.7 Å². The van der Waals surface area contributed by atoms with E-state index in [0.717, 1.165) is 19.3 Å². The van der Waals surface area contributed by atoms with Crippen LogP contribution in [0.15, 0.2) is 0 Å². The summed E-state index contributed by atoms with van der Waals surface area (Å²) in [6.07, 6.45) is 2.92. The van der Waals surface area contributed by atoms with Gasteiger partial charge in [0.2, 0.25) is 0 Å². The summed E-state index contributed by atoms with van der Waals surface area (Å²) < 4.78 is 4.95. The molecule has 5 atom stereocenters. The van der Waals surface area contributed by atoms with Crippen LogP contribution in [-0.4, -0.2) is 42.9 Å². The third kappa shape index (κ3) is 3.00. The lowest BCUT2D eigenvalue weighted by Crippen LogP contribution is -2.52. The fourth-order valence-electron chi connectivity index (χ4n) is 3.56. The summed E-state index contributed by atoms with van der Waals surface area (Å²) in [5.41, 5.74) is 0. The third-order valence-corrected chi connectivity index (χ3v) is 4.29. The first-order valence-corrected chi connectivity index (χ1v) is 6.81. The number of aliphatic carboxylic acids is 1. The molecular formula is C13H22N2O4. The minimum atomic E-state index is -0.789. The summed E-state index contributed by atoms with van der Waals surface area (Å²) >= 11 is 0. The maximum absolute atomic E-state index is 11.9. The summed E-state index contributed by atoms with van der Waals surface area (Å²) in [6, 6.07) is -0.619. The molecule has 2 aliphatic rings. The number of hydrogen-bond donors (Lipinski definition) is 3. The van der Waals surface area contributed by atoms with Crippen molar-refractivity contribution < 1.29 is 19.4 Å². The van der Waals surface area contributed by atoms with Gasteiger partial charge in [0, 0.05) is 13.2 Å². The van der Waals surface area contributed by atoms with E-state index in [9.17, 15) is 14.7 Å². The molecule has 2 rings (SSSR count). The molecular weight excluding hydrogens is 248 g/mol. The SMILES string of the molecule is COCC(C)NC(=O)NC1C2CCC(C2)C1C(=O)O. The van der Waals surface area contributed by atoms with Gasteiger partial charge in [-0.15, -0.1) is 0 Å². The molecule has 0 radical (unpaired) electrons.